The smallest absolute Gasteiger partial charge is 0.410 e. The molecule has 0 radical (unpaired) electrons. The standard InChI is InChI=1S/C35H46N6O3/c1-24-9-6-10-25-11-7-13-28(29(24)25)41-21-27-30(35(23-41)14-15-35)31(37-32(36-27)43-22-26-12-8-16-38(26)5)39-17-19-40(20-18-39)33(42)44-34(2,3)4/h6-7,9-11,13,26H,8,12,14-23H2,1-5H3/t26-/m0/s1. The number of carbonyl (C=O) groups excluding carboxylic acids is 1. The van der Waals surface area contributed by atoms with Crippen molar-refractivity contribution in [2.75, 3.05) is 62.7 Å². The van der Waals surface area contributed by atoms with Crippen molar-refractivity contribution in [3.05, 3.63) is 53.2 Å². The molecule has 1 amide bonds. The summed E-state index contributed by atoms with van der Waals surface area (Å²) in [5.74, 6) is 1.000. The number of likely N-dealkylation sites (tertiary alicyclic amines) is 1. The third-order valence-electron chi connectivity index (χ3n) is 9.90. The first-order valence-corrected chi connectivity index (χ1v) is 16.3. The number of hydrogen-bond acceptors (Lipinski definition) is 8. The van der Waals surface area contributed by atoms with Crippen LogP contribution in [-0.4, -0.2) is 90.4 Å². The lowest BCUT2D eigenvalue weighted by atomic mass is 9.88. The van der Waals surface area contributed by atoms with Crippen LogP contribution in [0.3, 0.4) is 0 Å². The number of piperazine rings is 1. The summed E-state index contributed by atoms with van der Waals surface area (Å²) in [5, 5.41) is 2.59. The zero-order valence-electron chi connectivity index (χ0n) is 26.9. The van der Waals surface area contributed by atoms with Gasteiger partial charge in [-0.05, 0) is 84.0 Å². The van der Waals surface area contributed by atoms with Crippen LogP contribution in [0.4, 0.5) is 16.3 Å². The normalized spacial score (nSPS) is 21.6. The van der Waals surface area contributed by atoms with E-state index < -0.39 is 5.60 Å². The van der Waals surface area contributed by atoms with E-state index in [9.17, 15) is 4.79 Å². The molecule has 4 aliphatic rings. The lowest BCUT2D eigenvalue weighted by molar-refractivity contribution is 0.0240. The van der Waals surface area contributed by atoms with Crippen molar-refractivity contribution in [3.63, 3.8) is 0 Å². The SMILES string of the molecule is Cc1cccc2cccc(N3Cc4nc(OC[C@@H]5CCCN5C)nc(N5CCN(C(=O)OC(C)(C)C)CC5)c4C4(CC4)C3)c12. The van der Waals surface area contributed by atoms with Crippen molar-refractivity contribution in [1.82, 2.24) is 19.8 Å². The van der Waals surface area contributed by atoms with Gasteiger partial charge in [0.15, 0.2) is 0 Å². The van der Waals surface area contributed by atoms with Crippen molar-refractivity contribution >= 4 is 28.4 Å². The van der Waals surface area contributed by atoms with E-state index in [1.807, 2.05) is 25.7 Å². The van der Waals surface area contributed by atoms with Gasteiger partial charge in [-0.25, -0.2) is 4.79 Å². The fourth-order valence-corrected chi connectivity index (χ4v) is 7.39. The van der Waals surface area contributed by atoms with Gasteiger partial charge in [-0.3, -0.25) is 0 Å². The number of hydrogen-bond donors (Lipinski definition) is 0. The Morgan fingerprint density at radius 3 is 2.43 bits per heavy atom. The van der Waals surface area contributed by atoms with E-state index in [1.54, 1.807) is 0 Å². The number of anilines is 2. The van der Waals surface area contributed by atoms with Gasteiger partial charge in [-0.1, -0.05) is 30.3 Å². The van der Waals surface area contributed by atoms with Crippen molar-refractivity contribution in [3.8, 4) is 6.01 Å². The van der Waals surface area contributed by atoms with Gasteiger partial charge in [-0.15, -0.1) is 0 Å². The number of aryl methyl sites for hydroxylation is 1. The van der Waals surface area contributed by atoms with Crippen LogP contribution in [0.5, 0.6) is 6.01 Å². The molecule has 44 heavy (non-hydrogen) atoms. The number of benzene rings is 2. The highest BCUT2D eigenvalue weighted by molar-refractivity contribution is 5.97. The summed E-state index contributed by atoms with van der Waals surface area (Å²) in [5.41, 5.74) is 4.46. The number of carbonyl (C=O) groups is 1. The van der Waals surface area contributed by atoms with Gasteiger partial charge in [0.25, 0.3) is 0 Å². The fourth-order valence-electron chi connectivity index (χ4n) is 7.39. The molecule has 9 nitrogen and oxygen atoms in total. The molecule has 234 valence electrons. The summed E-state index contributed by atoms with van der Waals surface area (Å²) in [6, 6.07) is 14.1. The Kier molecular flexibility index (Phi) is 7.34. The van der Waals surface area contributed by atoms with Crippen LogP contribution in [0.1, 0.15) is 63.3 Å². The second-order valence-electron chi connectivity index (χ2n) is 14.3. The molecule has 1 aromatic heterocycles. The Bertz CT molecular complexity index is 1550. The van der Waals surface area contributed by atoms with E-state index in [0.717, 1.165) is 50.4 Å². The minimum atomic E-state index is -0.508. The number of rotatable bonds is 5. The van der Waals surface area contributed by atoms with E-state index in [2.05, 4.69) is 65.1 Å². The van der Waals surface area contributed by atoms with Crippen LogP contribution in [0, 0.1) is 6.92 Å². The molecule has 4 heterocycles. The zero-order valence-corrected chi connectivity index (χ0v) is 26.9. The van der Waals surface area contributed by atoms with E-state index in [0.29, 0.717) is 44.8 Å². The summed E-state index contributed by atoms with van der Waals surface area (Å²) in [4.78, 5) is 32.2. The molecule has 1 spiro atoms. The molecule has 1 aliphatic carbocycles. The highest BCUT2D eigenvalue weighted by Crippen LogP contribution is 2.56. The minimum Gasteiger partial charge on any atom is -0.462 e. The molecule has 3 fully saturated rings. The highest BCUT2D eigenvalue weighted by Gasteiger charge is 2.53. The summed E-state index contributed by atoms with van der Waals surface area (Å²) in [6.07, 6.45) is 4.35. The molecule has 3 aromatic rings. The molecule has 1 atom stereocenters. The first-order valence-electron chi connectivity index (χ1n) is 16.3. The molecule has 3 aliphatic heterocycles. The Morgan fingerprint density at radius 2 is 1.75 bits per heavy atom. The van der Waals surface area contributed by atoms with Gasteiger partial charge in [0.05, 0.1) is 12.2 Å². The minimum absolute atomic E-state index is 0.0280. The van der Waals surface area contributed by atoms with Gasteiger partial charge in [-0.2, -0.15) is 9.97 Å². The predicted molar refractivity (Wildman–Crippen MR) is 174 cm³/mol. The topological polar surface area (TPSA) is 74.3 Å². The Labute approximate surface area is 261 Å². The zero-order chi connectivity index (χ0) is 30.6. The second-order valence-corrected chi connectivity index (χ2v) is 14.3. The van der Waals surface area contributed by atoms with Crippen molar-refractivity contribution in [2.24, 2.45) is 0 Å². The molecule has 1 saturated carbocycles. The van der Waals surface area contributed by atoms with E-state index in [4.69, 9.17) is 19.4 Å². The van der Waals surface area contributed by atoms with Crippen molar-refractivity contribution in [2.45, 2.75) is 77.0 Å². The van der Waals surface area contributed by atoms with Crippen molar-refractivity contribution < 1.29 is 14.3 Å². The number of likely N-dealkylation sites (N-methyl/N-ethyl adjacent to an activating group) is 1. The molecule has 2 saturated heterocycles. The molecule has 7 rings (SSSR count). The summed E-state index contributed by atoms with van der Waals surface area (Å²) >= 11 is 0. The largest absolute Gasteiger partial charge is 0.462 e. The van der Waals surface area contributed by atoms with Crippen LogP contribution >= 0.6 is 0 Å². The Balaban J connectivity index is 1.22. The van der Waals surface area contributed by atoms with Gasteiger partial charge in [0, 0.05) is 60.8 Å². The molecule has 0 N–H and O–H groups in total. The Hall–Kier alpha value is -3.59. The molecule has 0 unspecified atom stereocenters. The van der Waals surface area contributed by atoms with Crippen LogP contribution in [0.15, 0.2) is 36.4 Å². The van der Waals surface area contributed by atoms with Crippen molar-refractivity contribution in [1.29, 1.82) is 0 Å². The van der Waals surface area contributed by atoms with E-state index in [1.165, 1.54) is 34.0 Å². The van der Waals surface area contributed by atoms with Gasteiger partial charge in [0.2, 0.25) is 0 Å². The third-order valence-corrected chi connectivity index (χ3v) is 9.90. The number of fused-ring (bicyclic) bond motifs is 3. The summed E-state index contributed by atoms with van der Waals surface area (Å²) < 4.78 is 12.1. The van der Waals surface area contributed by atoms with Crippen LogP contribution in [0.2, 0.25) is 0 Å². The monoisotopic (exact) mass is 598 g/mol. The van der Waals surface area contributed by atoms with Gasteiger partial charge < -0.3 is 29.1 Å². The molecule has 2 aromatic carbocycles. The maximum atomic E-state index is 12.8. The number of aromatic nitrogens is 2. The fraction of sp³-hybridized carbons (Fsp3) is 0.571. The average molecular weight is 599 g/mol. The Morgan fingerprint density at radius 1 is 1.00 bits per heavy atom. The summed E-state index contributed by atoms with van der Waals surface area (Å²) in [7, 11) is 2.17. The maximum Gasteiger partial charge on any atom is 0.410 e. The molecule has 0 bridgehead atoms. The van der Waals surface area contributed by atoms with Crippen LogP contribution in [-0.2, 0) is 16.7 Å². The van der Waals surface area contributed by atoms with E-state index in [-0.39, 0.29) is 11.5 Å². The highest BCUT2D eigenvalue weighted by atomic mass is 16.6. The molecule has 9 heteroatoms. The summed E-state index contributed by atoms with van der Waals surface area (Å²) in [6.45, 7) is 13.9. The van der Waals surface area contributed by atoms with Crippen LogP contribution < -0.4 is 14.5 Å². The quantitative estimate of drug-likeness (QED) is 0.380. The number of amides is 1. The van der Waals surface area contributed by atoms with Gasteiger partial charge >= 0.3 is 12.1 Å². The third kappa shape index (κ3) is 5.55. The second kappa shape index (κ2) is 11.1. The van der Waals surface area contributed by atoms with Gasteiger partial charge in [0.1, 0.15) is 18.0 Å². The lowest BCUT2D eigenvalue weighted by Crippen LogP contribution is -2.51. The first kappa shape index (κ1) is 29.1. The van der Waals surface area contributed by atoms with Crippen LogP contribution in [0.25, 0.3) is 10.8 Å². The predicted octanol–water partition coefficient (Wildman–Crippen LogP) is 5.52. The lowest BCUT2D eigenvalue weighted by Gasteiger charge is -2.41. The number of ether oxygens (including phenoxy) is 2. The molecular weight excluding hydrogens is 552 g/mol. The first-order chi connectivity index (χ1) is 21.1. The van der Waals surface area contributed by atoms with E-state index >= 15 is 0 Å². The molecular formula is C35H46N6O3. The number of nitrogens with zero attached hydrogens (tertiary/aromatic N) is 6. The average Bonchev–Trinajstić information content (AvgIpc) is 3.63. The maximum absolute atomic E-state index is 12.8.